The number of ether oxygens (including phenoxy) is 1. The van der Waals surface area contributed by atoms with E-state index in [2.05, 4.69) is 20.4 Å². The summed E-state index contributed by atoms with van der Waals surface area (Å²) in [5.74, 6) is -0.371. The van der Waals surface area contributed by atoms with Crippen molar-refractivity contribution in [1.29, 1.82) is 0 Å². The van der Waals surface area contributed by atoms with E-state index in [0.29, 0.717) is 31.4 Å². The summed E-state index contributed by atoms with van der Waals surface area (Å²) >= 11 is 7.02. The molecule has 1 fully saturated rings. The predicted molar refractivity (Wildman–Crippen MR) is 108 cm³/mol. The van der Waals surface area contributed by atoms with Crippen LogP contribution in [0.5, 0.6) is 5.19 Å². The summed E-state index contributed by atoms with van der Waals surface area (Å²) in [7, 11) is 0. The maximum Gasteiger partial charge on any atom is 0.417 e. The van der Waals surface area contributed by atoms with Crippen molar-refractivity contribution in [3.05, 3.63) is 33.8 Å². The summed E-state index contributed by atoms with van der Waals surface area (Å²) in [5, 5.41) is 11.6. The largest absolute Gasteiger partial charge is 0.469 e. The topological polar surface area (TPSA) is 70.6 Å². The van der Waals surface area contributed by atoms with Gasteiger partial charge in [-0.3, -0.25) is 14.6 Å². The van der Waals surface area contributed by atoms with E-state index in [0.717, 1.165) is 30.2 Å². The van der Waals surface area contributed by atoms with Gasteiger partial charge in [0.2, 0.25) is 5.91 Å². The Morgan fingerprint density at radius 1 is 1.23 bits per heavy atom. The number of aromatic nitrogens is 2. The lowest BCUT2D eigenvalue weighted by molar-refractivity contribution is -0.137. The summed E-state index contributed by atoms with van der Waals surface area (Å²) in [4.78, 5) is 16.4. The summed E-state index contributed by atoms with van der Waals surface area (Å²) in [6.45, 7) is 6.02. The summed E-state index contributed by atoms with van der Waals surface area (Å²) in [5.41, 5.74) is -0.906. The van der Waals surface area contributed by atoms with Crippen molar-refractivity contribution in [1.82, 2.24) is 20.0 Å². The quantitative estimate of drug-likeness (QED) is 0.679. The second-order valence-corrected chi connectivity index (χ2v) is 8.12. The third-order valence-corrected chi connectivity index (χ3v) is 5.61. The van der Waals surface area contributed by atoms with Crippen molar-refractivity contribution < 1.29 is 22.7 Å². The molecule has 1 aliphatic heterocycles. The fraction of sp³-hybridized carbons (Fsp3) is 0.500. The minimum absolute atomic E-state index is 0.0664. The molecule has 1 saturated heterocycles. The van der Waals surface area contributed by atoms with Gasteiger partial charge in [0.05, 0.1) is 30.3 Å². The van der Waals surface area contributed by atoms with Gasteiger partial charge < -0.3 is 10.1 Å². The number of carbonyl (C=O) groups excluding carboxylic acids is 1. The van der Waals surface area contributed by atoms with Crippen molar-refractivity contribution in [2.45, 2.75) is 19.6 Å². The average Bonchev–Trinajstić information content (AvgIpc) is 3.11. The van der Waals surface area contributed by atoms with E-state index in [1.165, 1.54) is 17.4 Å². The van der Waals surface area contributed by atoms with Crippen LogP contribution in [0.3, 0.4) is 0 Å². The highest BCUT2D eigenvalue weighted by Crippen LogP contribution is 2.36. The van der Waals surface area contributed by atoms with Crippen LogP contribution < -0.4 is 10.1 Å². The van der Waals surface area contributed by atoms with Gasteiger partial charge in [0, 0.05) is 31.9 Å². The molecule has 0 atom stereocenters. The first-order valence-electron chi connectivity index (χ1n) is 9.31. The molecule has 1 aromatic carbocycles. The molecule has 1 aromatic heterocycles. The Bertz CT molecular complexity index is 872. The Balaban J connectivity index is 1.46. The zero-order chi connectivity index (χ0) is 21.7. The second kappa shape index (κ2) is 9.90. The van der Waals surface area contributed by atoms with Crippen LogP contribution in [0.2, 0.25) is 5.02 Å². The number of hydrogen-bond acceptors (Lipinski definition) is 7. The van der Waals surface area contributed by atoms with Crippen molar-refractivity contribution in [3.8, 4) is 5.19 Å². The van der Waals surface area contributed by atoms with Gasteiger partial charge in [0.15, 0.2) is 0 Å². The first-order chi connectivity index (χ1) is 14.2. The molecule has 2 heterocycles. The number of alkyl halides is 3. The van der Waals surface area contributed by atoms with E-state index in [1.807, 2.05) is 11.8 Å². The molecular weight excluding hydrogens is 443 g/mol. The average molecular weight is 464 g/mol. The van der Waals surface area contributed by atoms with Crippen LogP contribution in [0.1, 0.15) is 17.5 Å². The van der Waals surface area contributed by atoms with E-state index in [4.69, 9.17) is 16.3 Å². The van der Waals surface area contributed by atoms with Crippen molar-refractivity contribution in [2.75, 3.05) is 44.6 Å². The number of halogens is 4. The smallest absolute Gasteiger partial charge is 0.417 e. The van der Waals surface area contributed by atoms with Crippen LogP contribution in [0, 0.1) is 0 Å². The Hall–Kier alpha value is -1.95. The van der Waals surface area contributed by atoms with Crippen LogP contribution in [-0.2, 0) is 17.5 Å². The molecular formula is C18H21ClF3N5O2S. The molecule has 0 radical (unpaired) electrons. The molecule has 30 heavy (non-hydrogen) atoms. The molecule has 3 rings (SSSR count). The number of anilines is 1. The van der Waals surface area contributed by atoms with Gasteiger partial charge >= 0.3 is 6.18 Å². The Morgan fingerprint density at radius 2 is 1.93 bits per heavy atom. The highest BCUT2D eigenvalue weighted by molar-refractivity contribution is 7.13. The van der Waals surface area contributed by atoms with Crippen molar-refractivity contribution in [3.63, 3.8) is 0 Å². The predicted octanol–water partition coefficient (Wildman–Crippen LogP) is 3.37. The molecule has 0 bridgehead atoms. The molecule has 1 amide bonds. The van der Waals surface area contributed by atoms with Gasteiger partial charge in [-0.2, -0.15) is 13.2 Å². The number of hydrogen-bond donors (Lipinski definition) is 1. The maximum absolute atomic E-state index is 12.9. The molecule has 164 valence electrons. The summed E-state index contributed by atoms with van der Waals surface area (Å²) in [6.07, 6.45) is -4.58. The van der Waals surface area contributed by atoms with E-state index in [1.54, 1.807) is 0 Å². The number of amides is 1. The van der Waals surface area contributed by atoms with Gasteiger partial charge in [-0.25, -0.2) is 0 Å². The highest BCUT2D eigenvalue weighted by atomic mass is 35.5. The van der Waals surface area contributed by atoms with Crippen LogP contribution in [0.25, 0.3) is 0 Å². The molecule has 1 aliphatic rings. The molecule has 0 unspecified atom stereocenters. The first-order valence-corrected chi connectivity index (χ1v) is 10.5. The van der Waals surface area contributed by atoms with Gasteiger partial charge in [-0.15, -0.1) is 10.2 Å². The fourth-order valence-corrected chi connectivity index (χ4v) is 4.02. The number of nitrogens with zero attached hydrogens (tertiary/aromatic N) is 4. The molecule has 12 heteroatoms. The number of carbonyl (C=O) groups is 1. The standard InChI is InChI=1S/C18H21ClF3N5O2S/c1-2-29-17-25-24-16(30-17)11-27-7-5-26(6-8-27)10-15(28)23-12-3-4-14(19)13(9-12)18(20,21)22/h3-4,9H,2,5-8,10-11H2,1H3,(H,23,28). The minimum Gasteiger partial charge on any atom is -0.469 e. The lowest BCUT2D eigenvalue weighted by atomic mass is 10.2. The van der Waals surface area contributed by atoms with Gasteiger partial charge in [-0.05, 0) is 25.1 Å². The van der Waals surface area contributed by atoms with E-state index in [9.17, 15) is 18.0 Å². The zero-order valence-corrected chi connectivity index (χ0v) is 17.8. The van der Waals surface area contributed by atoms with Crippen LogP contribution >= 0.6 is 22.9 Å². The van der Waals surface area contributed by atoms with E-state index in [-0.39, 0.29) is 18.1 Å². The molecule has 2 aromatic rings. The van der Waals surface area contributed by atoms with Gasteiger partial charge in [-0.1, -0.05) is 22.9 Å². The maximum atomic E-state index is 12.9. The number of rotatable bonds is 7. The van der Waals surface area contributed by atoms with Gasteiger partial charge in [0.25, 0.3) is 5.19 Å². The lowest BCUT2D eigenvalue weighted by Crippen LogP contribution is -2.48. The van der Waals surface area contributed by atoms with E-state index >= 15 is 0 Å². The molecule has 7 nitrogen and oxygen atoms in total. The first kappa shape index (κ1) is 22.7. The van der Waals surface area contributed by atoms with Crippen molar-refractivity contribution >= 4 is 34.5 Å². The minimum atomic E-state index is -4.58. The van der Waals surface area contributed by atoms with Crippen LogP contribution in [0.15, 0.2) is 18.2 Å². The van der Waals surface area contributed by atoms with Crippen LogP contribution in [-0.4, -0.2) is 65.2 Å². The summed E-state index contributed by atoms with van der Waals surface area (Å²) < 4.78 is 44.2. The fourth-order valence-electron chi connectivity index (χ4n) is 3.00. The zero-order valence-electron chi connectivity index (χ0n) is 16.2. The molecule has 1 N–H and O–H groups in total. The monoisotopic (exact) mass is 463 g/mol. The lowest BCUT2D eigenvalue weighted by Gasteiger charge is -2.33. The third kappa shape index (κ3) is 6.27. The third-order valence-electron chi connectivity index (χ3n) is 4.46. The number of nitrogens with one attached hydrogen (secondary N) is 1. The molecule has 0 saturated carbocycles. The molecule has 0 aliphatic carbocycles. The molecule has 0 spiro atoms. The normalized spacial score (nSPS) is 15.9. The highest BCUT2D eigenvalue weighted by Gasteiger charge is 2.33. The Kier molecular flexibility index (Phi) is 7.50. The second-order valence-electron chi connectivity index (χ2n) is 6.69. The number of benzene rings is 1. The Morgan fingerprint density at radius 3 is 2.60 bits per heavy atom. The number of piperazine rings is 1. The van der Waals surface area contributed by atoms with Crippen molar-refractivity contribution in [2.24, 2.45) is 0 Å². The van der Waals surface area contributed by atoms with Crippen LogP contribution in [0.4, 0.5) is 18.9 Å². The van der Waals surface area contributed by atoms with E-state index < -0.39 is 16.8 Å². The Labute approximate surface area is 180 Å². The summed E-state index contributed by atoms with van der Waals surface area (Å²) in [6, 6.07) is 3.33. The SMILES string of the molecule is CCOc1nnc(CN2CCN(CC(=O)Nc3ccc(Cl)c(C(F)(F)F)c3)CC2)s1. The van der Waals surface area contributed by atoms with Gasteiger partial charge in [0.1, 0.15) is 5.01 Å².